The van der Waals surface area contributed by atoms with Crippen LogP contribution in [0.3, 0.4) is 0 Å². The molecule has 0 radical (unpaired) electrons. The molecular formula is C13H20N4O. The van der Waals surface area contributed by atoms with Crippen molar-refractivity contribution in [1.29, 1.82) is 0 Å². The fraction of sp³-hybridized carbons (Fsp3) is 0.615. The Morgan fingerprint density at radius 3 is 2.39 bits per heavy atom. The van der Waals surface area contributed by atoms with Crippen LogP contribution in [-0.4, -0.2) is 22.4 Å². The monoisotopic (exact) mass is 248 g/mol. The van der Waals surface area contributed by atoms with E-state index in [0.717, 1.165) is 25.7 Å². The summed E-state index contributed by atoms with van der Waals surface area (Å²) in [5.74, 6) is 0.0155. The standard InChI is InChI=1S/C13H20N4O/c14-9-13(5-3-1-2-4-6-13)12(18)17-11-7-15-10-16-8-11/h7-8,10H,1-6,9,14H2,(H,17,18). The Morgan fingerprint density at radius 2 is 1.83 bits per heavy atom. The van der Waals surface area contributed by atoms with E-state index in [2.05, 4.69) is 15.3 Å². The molecule has 0 bridgehead atoms. The van der Waals surface area contributed by atoms with Crippen LogP contribution in [0.25, 0.3) is 0 Å². The Hall–Kier alpha value is -1.49. The van der Waals surface area contributed by atoms with Gasteiger partial charge in [0.15, 0.2) is 0 Å². The van der Waals surface area contributed by atoms with Gasteiger partial charge in [0, 0.05) is 6.54 Å². The quantitative estimate of drug-likeness (QED) is 0.798. The van der Waals surface area contributed by atoms with E-state index in [4.69, 9.17) is 5.73 Å². The zero-order chi connectivity index (χ0) is 12.8. The van der Waals surface area contributed by atoms with E-state index in [1.807, 2.05) is 0 Å². The van der Waals surface area contributed by atoms with Gasteiger partial charge >= 0.3 is 0 Å². The first-order valence-corrected chi connectivity index (χ1v) is 6.53. The maximum Gasteiger partial charge on any atom is 0.231 e. The molecule has 5 heteroatoms. The smallest absolute Gasteiger partial charge is 0.231 e. The van der Waals surface area contributed by atoms with Crippen LogP contribution in [-0.2, 0) is 4.79 Å². The van der Waals surface area contributed by atoms with E-state index in [0.29, 0.717) is 12.2 Å². The first-order valence-electron chi connectivity index (χ1n) is 6.53. The molecule has 3 N–H and O–H groups in total. The van der Waals surface area contributed by atoms with Crippen molar-refractivity contribution in [3.8, 4) is 0 Å². The normalized spacial score (nSPS) is 18.9. The van der Waals surface area contributed by atoms with Gasteiger partial charge in [-0.3, -0.25) is 4.79 Å². The number of aromatic nitrogens is 2. The second kappa shape index (κ2) is 5.91. The van der Waals surface area contributed by atoms with Gasteiger partial charge in [-0.2, -0.15) is 0 Å². The van der Waals surface area contributed by atoms with Crippen molar-refractivity contribution >= 4 is 11.6 Å². The molecule has 0 atom stereocenters. The lowest BCUT2D eigenvalue weighted by Crippen LogP contribution is -2.42. The first-order chi connectivity index (χ1) is 8.77. The van der Waals surface area contributed by atoms with Gasteiger partial charge in [0.05, 0.1) is 23.5 Å². The molecule has 1 aliphatic carbocycles. The van der Waals surface area contributed by atoms with E-state index in [1.54, 1.807) is 12.4 Å². The van der Waals surface area contributed by atoms with Crippen LogP contribution in [0, 0.1) is 5.41 Å². The summed E-state index contributed by atoms with van der Waals surface area (Å²) in [6.45, 7) is 0.409. The van der Waals surface area contributed by atoms with Crippen LogP contribution in [0.2, 0.25) is 0 Å². The minimum absolute atomic E-state index is 0.0155. The van der Waals surface area contributed by atoms with E-state index < -0.39 is 5.41 Å². The van der Waals surface area contributed by atoms with Crippen molar-refractivity contribution in [1.82, 2.24) is 9.97 Å². The molecule has 0 unspecified atom stereocenters. The Morgan fingerprint density at radius 1 is 1.22 bits per heavy atom. The highest BCUT2D eigenvalue weighted by atomic mass is 16.2. The zero-order valence-electron chi connectivity index (χ0n) is 10.6. The van der Waals surface area contributed by atoms with Crippen LogP contribution in [0.4, 0.5) is 5.69 Å². The molecule has 1 heterocycles. The molecule has 0 saturated heterocycles. The summed E-state index contributed by atoms with van der Waals surface area (Å²) >= 11 is 0. The number of hydrogen-bond acceptors (Lipinski definition) is 4. The fourth-order valence-corrected chi connectivity index (χ4v) is 2.56. The van der Waals surface area contributed by atoms with Gasteiger partial charge in [-0.25, -0.2) is 9.97 Å². The van der Waals surface area contributed by atoms with Gasteiger partial charge in [0.25, 0.3) is 0 Å². The highest BCUT2D eigenvalue weighted by molar-refractivity contribution is 5.95. The molecule has 18 heavy (non-hydrogen) atoms. The van der Waals surface area contributed by atoms with E-state index in [-0.39, 0.29) is 5.91 Å². The molecule has 0 aliphatic heterocycles. The first kappa shape index (κ1) is 13.0. The summed E-state index contributed by atoms with van der Waals surface area (Å²) in [4.78, 5) is 20.2. The SMILES string of the molecule is NCC1(C(=O)Nc2cncnc2)CCCCCC1. The van der Waals surface area contributed by atoms with E-state index in [1.165, 1.54) is 19.2 Å². The number of nitrogens with two attached hydrogens (primary N) is 1. The third-order valence-corrected chi connectivity index (χ3v) is 3.75. The second-order valence-corrected chi connectivity index (χ2v) is 4.98. The summed E-state index contributed by atoms with van der Waals surface area (Å²) in [6, 6.07) is 0. The molecule has 1 fully saturated rings. The number of nitrogens with zero attached hydrogens (tertiary/aromatic N) is 2. The van der Waals surface area contributed by atoms with Gasteiger partial charge < -0.3 is 11.1 Å². The zero-order valence-corrected chi connectivity index (χ0v) is 10.6. The van der Waals surface area contributed by atoms with Crippen molar-refractivity contribution in [2.24, 2.45) is 11.1 Å². The average molecular weight is 248 g/mol. The van der Waals surface area contributed by atoms with Crippen molar-refractivity contribution < 1.29 is 4.79 Å². The van der Waals surface area contributed by atoms with Gasteiger partial charge in [-0.05, 0) is 12.8 Å². The Bertz CT molecular complexity index is 385. The molecular weight excluding hydrogens is 228 g/mol. The Labute approximate surface area is 107 Å². The molecule has 1 saturated carbocycles. The molecule has 98 valence electrons. The van der Waals surface area contributed by atoms with Crippen LogP contribution < -0.4 is 11.1 Å². The average Bonchev–Trinajstić information content (AvgIpc) is 2.66. The van der Waals surface area contributed by atoms with E-state index in [9.17, 15) is 4.79 Å². The van der Waals surface area contributed by atoms with Crippen molar-refractivity contribution in [3.05, 3.63) is 18.7 Å². The number of carbonyl (C=O) groups is 1. The summed E-state index contributed by atoms with van der Waals surface area (Å²) in [5.41, 5.74) is 6.10. The number of amides is 1. The summed E-state index contributed by atoms with van der Waals surface area (Å²) in [6.07, 6.45) is 11.0. The molecule has 1 aliphatic rings. The number of carbonyl (C=O) groups excluding carboxylic acids is 1. The molecule has 0 aromatic carbocycles. The van der Waals surface area contributed by atoms with Gasteiger partial charge in [-0.15, -0.1) is 0 Å². The number of hydrogen-bond donors (Lipinski definition) is 2. The van der Waals surface area contributed by atoms with Gasteiger partial charge in [-0.1, -0.05) is 25.7 Å². The molecule has 1 aromatic rings. The fourth-order valence-electron chi connectivity index (χ4n) is 2.56. The van der Waals surface area contributed by atoms with Crippen LogP contribution >= 0.6 is 0 Å². The highest BCUT2D eigenvalue weighted by Gasteiger charge is 2.37. The molecule has 0 spiro atoms. The molecule has 2 rings (SSSR count). The number of nitrogens with one attached hydrogen (secondary N) is 1. The van der Waals surface area contributed by atoms with Crippen molar-refractivity contribution in [2.45, 2.75) is 38.5 Å². The van der Waals surface area contributed by atoms with E-state index >= 15 is 0 Å². The van der Waals surface area contributed by atoms with Crippen LogP contribution in [0.15, 0.2) is 18.7 Å². The lowest BCUT2D eigenvalue weighted by Gasteiger charge is -2.29. The Kier molecular flexibility index (Phi) is 4.25. The Balaban J connectivity index is 2.09. The molecule has 1 aromatic heterocycles. The maximum atomic E-state index is 12.4. The minimum atomic E-state index is -0.410. The second-order valence-electron chi connectivity index (χ2n) is 4.98. The number of rotatable bonds is 3. The minimum Gasteiger partial charge on any atom is -0.329 e. The van der Waals surface area contributed by atoms with Crippen LogP contribution in [0.5, 0.6) is 0 Å². The predicted octanol–water partition coefficient (Wildman–Crippen LogP) is 1.71. The van der Waals surface area contributed by atoms with Gasteiger partial charge in [0.2, 0.25) is 5.91 Å². The highest BCUT2D eigenvalue weighted by Crippen LogP contribution is 2.35. The molecule has 5 nitrogen and oxygen atoms in total. The third-order valence-electron chi connectivity index (χ3n) is 3.75. The predicted molar refractivity (Wildman–Crippen MR) is 69.9 cm³/mol. The van der Waals surface area contributed by atoms with Gasteiger partial charge in [0.1, 0.15) is 6.33 Å². The topological polar surface area (TPSA) is 80.9 Å². The molecule has 1 amide bonds. The largest absolute Gasteiger partial charge is 0.329 e. The maximum absolute atomic E-state index is 12.4. The summed E-state index contributed by atoms with van der Waals surface area (Å²) < 4.78 is 0. The summed E-state index contributed by atoms with van der Waals surface area (Å²) in [7, 11) is 0. The van der Waals surface area contributed by atoms with Crippen molar-refractivity contribution in [2.75, 3.05) is 11.9 Å². The third kappa shape index (κ3) is 2.85. The van der Waals surface area contributed by atoms with Crippen molar-refractivity contribution in [3.63, 3.8) is 0 Å². The van der Waals surface area contributed by atoms with Crippen LogP contribution in [0.1, 0.15) is 38.5 Å². The lowest BCUT2D eigenvalue weighted by atomic mass is 9.79. The summed E-state index contributed by atoms with van der Waals surface area (Å²) in [5, 5.41) is 2.89. The number of anilines is 1. The lowest BCUT2D eigenvalue weighted by molar-refractivity contribution is -0.125.